The number of aromatic nitrogens is 4. The smallest absolute Gasteiger partial charge is 0.335 e. The number of nitrogen functional groups attached to an aromatic ring is 1. The topological polar surface area (TPSA) is 130 Å². The molecule has 4 aromatic rings. The van der Waals surface area contributed by atoms with E-state index in [4.69, 9.17) is 10.8 Å². The molecule has 2 aromatic heterocycles. The minimum absolute atomic E-state index is 0.184. The standard InChI is InChI=1S/C18H14N6O2/c19-12-5-1-3-10(7-12)15-14-16(20-9-21-17(14)24-23-15)22-13-6-2-4-11(8-13)18(25)26/h1-9H,19H2,(H,25,26)(H2,20,21,22,23,24). The molecular weight excluding hydrogens is 332 g/mol. The summed E-state index contributed by atoms with van der Waals surface area (Å²) >= 11 is 0. The average molecular weight is 346 g/mol. The number of fused-ring (bicyclic) bond motifs is 1. The predicted molar refractivity (Wildman–Crippen MR) is 98.2 cm³/mol. The van der Waals surface area contributed by atoms with E-state index in [1.54, 1.807) is 18.2 Å². The van der Waals surface area contributed by atoms with Gasteiger partial charge in [0.25, 0.3) is 0 Å². The second kappa shape index (κ2) is 6.17. The quantitative estimate of drug-likeness (QED) is 0.418. The summed E-state index contributed by atoms with van der Waals surface area (Å²) in [5.74, 6) is -0.478. The number of carbonyl (C=O) groups is 1. The van der Waals surface area contributed by atoms with Crippen molar-refractivity contribution < 1.29 is 9.90 Å². The van der Waals surface area contributed by atoms with Crippen LogP contribution in [0.2, 0.25) is 0 Å². The van der Waals surface area contributed by atoms with Crippen molar-refractivity contribution in [2.45, 2.75) is 0 Å². The highest BCUT2D eigenvalue weighted by Gasteiger charge is 2.15. The zero-order valence-corrected chi connectivity index (χ0v) is 13.5. The Morgan fingerprint density at radius 3 is 2.77 bits per heavy atom. The molecule has 8 heteroatoms. The van der Waals surface area contributed by atoms with Crippen molar-refractivity contribution in [3.05, 3.63) is 60.4 Å². The fourth-order valence-corrected chi connectivity index (χ4v) is 2.72. The van der Waals surface area contributed by atoms with Gasteiger partial charge in [0.05, 0.1) is 16.6 Å². The third-order valence-corrected chi connectivity index (χ3v) is 3.90. The van der Waals surface area contributed by atoms with Crippen LogP contribution in [0.25, 0.3) is 22.3 Å². The van der Waals surface area contributed by atoms with E-state index < -0.39 is 5.97 Å². The summed E-state index contributed by atoms with van der Waals surface area (Å²) in [6.45, 7) is 0. The van der Waals surface area contributed by atoms with Gasteiger partial charge in [-0.3, -0.25) is 5.10 Å². The fraction of sp³-hybridized carbons (Fsp3) is 0. The van der Waals surface area contributed by atoms with E-state index in [2.05, 4.69) is 25.5 Å². The highest BCUT2D eigenvalue weighted by Crippen LogP contribution is 2.32. The molecule has 0 fully saturated rings. The molecular formula is C18H14N6O2. The molecule has 0 saturated heterocycles. The molecule has 0 bridgehead atoms. The monoisotopic (exact) mass is 346 g/mol. The molecule has 0 aliphatic rings. The highest BCUT2D eigenvalue weighted by atomic mass is 16.4. The second-order valence-corrected chi connectivity index (χ2v) is 5.66. The lowest BCUT2D eigenvalue weighted by Gasteiger charge is -2.08. The predicted octanol–water partition coefficient (Wildman–Crippen LogP) is 3.04. The van der Waals surface area contributed by atoms with Crippen LogP contribution in [-0.4, -0.2) is 31.2 Å². The van der Waals surface area contributed by atoms with E-state index >= 15 is 0 Å². The Morgan fingerprint density at radius 1 is 1.12 bits per heavy atom. The summed E-state index contributed by atoms with van der Waals surface area (Å²) in [5, 5.41) is 20.2. The number of hydrogen-bond acceptors (Lipinski definition) is 6. The van der Waals surface area contributed by atoms with Gasteiger partial charge < -0.3 is 16.2 Å². The van der Waals surface area contributed by atoms with Crippen molar-refractivity contribution >= 4 is 34.2 Å². The van der Waals surface area contributed by atoms with Gasteiger partial charge in [-0.1, -0.05) is 18.2 Å². The van der Waals surface area contributed by atoms with Gasteiger partial charge in [-0.15, -0.1) is 0 Å². The van der Waals surface area contributed by atoms with Crippen molar-refractivity contribution in [2.24, 2.45) is 0 Å². The zero-order valence-electron chi connectivity index (χ0n) is 13.5. The van der Waals surface area contributed by atoms with Crippen molar-refractivity contribution in [1.29, 1.82) is 0 Å². The van der Waals surface area contributed by atoms with Gasteiger partial charge in [-0.05, 0) is 30.3 Å². The fourth-order valence-electron chi connectivity index (χ4n) is 2.72. The molecule has 128 valence electrons. The lowest BCUT2D eigenvalue weighted by Crippen LogP contribution is -1.99. The third kappa shape index (κ3) is 2.80. The molecule has 2 heterocycles. The number of nitrogens with two attached hydrogens (primary N) is 1. The number of nitrogens with one attached hydrogen (secondary N) is 2. The zero-order chi connectivity index (χ0) is 18.1. The van der Waals surface area contributed by atoms with Gasteiger partial charge in [-0.2, -0.15) is 5.10 Å². The second-order valence-electron chi connectivity index (χ2n) is 5.66. The minimum Gasteiger partial charge on any atom is -0.478 e. The number of aromatic carboxylic acids is 1. The van der Waals surface area contributed by atoms with Crippen LogP contribution in [-0.2, 0) is 0 Å². The highest BCUT2D eigenvalue weighted by molar-refractivity contribution is 6.00. The average Bonchev–Trinajstić information content (AvgIpc) is 3.07. The summed E-state index contributed by atoms with van der Waals surface area (Å²) < 4.78 is 0. The SMILES string of the molecule is Nc1cccc(-c2[nH]nc3ncnc(Nc4cccc(C(=O)O)c4)c23)c1. The van der Waals surface area contributed by atoms with Crippen LogP contribution in [0, 0.1) is 0 Å². The van der Waals surface area contributed by atoms with Crippen LogP contribution in [0.5, 0.6) is 0 Å². The number of carboxylic acid groups (broad SMARTS) is 1. The van der Waals surface area contributed by atoms with Crippen LogP contribution in [0.3, 0.4) is 0 Å². The molecule has 0 aliphatic heterocycles. The lowest BCUT2D eigenvalue weighted by atomic mass is 10.1. The summed E-state index contributed by atoms with van der Waals surface area (Å²) in [6, 6.07) is 13.9. The molecule has 0 atom stereocenters. The summed E-state index contributed by atoms with van der Waals surface area (Å²) in [4.78, 5) is 19.6. The van der Waals surface area contributed by atoms with Gasteiger partial charge in [0.2, 0.25) is 0 Å². The maximum absolute atomic E-state index is 11.2. The molecule has 0 unspecified atom stereocenters. The number of aromatic amines is 1. The molecule has 0 radical (unpaired) electrons. The van der Waals surface area contributed by atoms with Crippen LogP contribution < -0.4 is 11.1 Å². The van der Waals surface area contributed by atoms with Crippen LogP contribution in [0.4, 0.5) is 17.2 Å². The van der Waals surface area contributed by atoms with Gasteiger partial charge in [0, 0.05) is 16.9 Å². The van der Waals surface area contributed by atoms with Gasteiger partial charge in [0.1, 0.15) is 12.1 Å². The number of nitrogens with zero attached hydrogens (tertiary/aromatic N) is 3. The van der Waals surface area contributed by atoms with Crippen molar-refractivity contribution in [2.75, 3.05) is 11.1 Å². The Balaban J connectivity index is 1.82. The van der Waals surface area contributed by atoms with E-state index in [0.717, 1.165) is 11.3 Å². The maximum atomic E-state index is 11.2. The van der Waals surface area contributed by atoms with E-state index in [9.17, 15) is 4.79 Å². The molecule has 0 aliphatic carbocycles. The molecule has 4 rings (SSSR count). The van der Waals surface area contributed by atoms with Crippen molar-refractivity contribution in [1.82, 2.24) is 20.2 Å². The van der Waals surface area contributed by atoms with Crippen LogP contribution >= 0.6 is 0 Å². The third-order valence-electron chi connectivity index (χ3n) is 3.90. The number of anilines is 3. The lowest BCUT2D eigenvalue weighted by molar-refractivity contribution is 0.0697. The molecule has 2 aromatic carbocycles. The number of rotatable bonds is 4. The first-order valence-electron chi connectivity index (χ1n) is 7.77. The van der Waals surface area contributed by atoms with E-state index in [1.165, 1.54) is 18.5 Å². The molecule has 0 spiro atoms. The Morgan fingerprint density at radius 2 is 1.96 bits per heavy atom. The van der Waals surface area contributed by atoms with Gasteiger partial charge in [0.15, 0.2) is 5.65 Å². The van der Waals surface area contributed by atoms with E-state index in [0.29, 0.717) is 28.2 Å². The molecule has 0 amide bonds. The summed E-state index contributed by atoms with van der Waals surface area (Å²) in [5.41, 5.74) is 9.37. The Hall–Kier alpha value is -3.94. The molecule has 0 saturated carbocycles. The molecule has 26 heavy (non-hydrogen) atoms. The maximum Gasteiger partial charge on any atom is 0.335 e. The number of H-pyrrole nitrogens is 1. The normalized spacial score (nSPS) is 10.8. The largest absolute Gasteiger partial charge is 0.478 e. The number of benzene rings is 2. The Bertz CT molecular complexity index is 1120. The van der Waals surface area contributed by atoms with E-state index in [1.807, 2.05) is 18.2 Å². The number of carboxylic acids is 1. The minimum atomic E-state index is -0.995. The summed E-state index contributed by atoms with van der Waals surface area (Å²) in [7, 11) is 0. The first-order chi connectivity index (χ1) is 12.6. The van der Waals surface area contributed by atoms with Gasteiger partial charge in [-0.25, -0.2) is 14.8 Å². The van der Waals surface area contributed by atoms with Crippen LogP contribution in [0.15, 0.2) is 54.9 Å². The van der Waals surface area contributed by atoms with Gasteiger partial charge >= 0.3 is 5.97 Å². The number of hydrogen-bond donors (Lipinski definition) is 4. The molecule has 8 nitrogen and oxygen atoms in total. The van der Waals surface area contributed by atoms with Crippen LogP contribution in [0.1, 0.15) is 10.4 Å². The molecule has 5 N–H and O–H groups in total. The Kier molecular flexibility index (Phi) is 3.70. The van der Waals surface area contributed by atoms with E-state index in [-0.39, 0.29) is 5.56 Å². The first-order valence-corrected chi connectivity index (χ1v) is 7.77. The Labute approximate surface area is 147 Å². The van der Waals surface area contributed by atoms with Crippen molar-refractivity contribution in [3.63, 3.8) is 0 Å². The first kappa shape index (κ1) is 15.6. The summed E-state index contributed by atoms with van der Waals surface area (Å²) in [6.07, 6.45) is 1.40. The van der Waals surface area contributed by atoms with Crippen molar-refractivity contribution in [3.8, 4) is 11.3 Å².